The van der Waals surface area contributed by atoms with Gasteiger partial charge in [-0.25, -0.2) is 4.79 Å². The van der Waals surface area contributed by atoms with Gasteiger partial charge in [0.2, 0.25) is 5.91 Å². The van der Waals surface area contributed by atoms with Crippen molar-refractivity contribution in [2.75, 3.05) is 6.54 Å². The fourth-order valence-corrected chi connectivity index (χ4v) is 2.32. The first-order chi connectivity index (χ1) is 6.77. The van der Waals surface area contributed by atoms with Gasteiger partial charge in [-0.1, -0.05) is 25.7 Å². The molecule has 3 amide bonds. The maximum Gasteiger partial charge on any atom is 0.324 e. The summed E-state index contributed by atoms with van der Waals surface area (Å²) in [7, 11) is 0. The van der Waals surface area contributed by atoms with Crippen LogP contribution in [0.1, 0.15) is 38.5 Å². The molecule has 1 saturated carbocycles. The summed E-state index contributed by atoms with van der Waals surface area (Å²) in [5.41, 5.74) is 0. The van der Waals surface area contributed by atoms with Crippen molar-refractivity contribution in [1.82, 2.24) is 10.2 Å². The number of nitrogens with one attached hydrogen (secondary N) is 1. The lowest BCUT2D eigenvalue weighted by molar-refractivity contribution is -0.118. The van der Waals surface area contributed by atoms with Gasteiger partial charge in [0.15, 0.2) is 0 Å². The number of carbonyl (C=O) groups excluding carboxylic acids is 2. The second kappa shape index (κ2) is 3.98. The van der Waals surface area contributed by atoms with Crippen LogP contribution in [0.2, 0.25) is 0 Å². The molecule has 1 N–H and O–H groups in total. The Kier molecular flexibility index (Phi) is 2.70. The van der Waals surface area contributed by atoms with E-state index in [9.17, 15) is 9.59 Å². The molecule has 0 aromatic carbocycles. The molecule has 4 nitrogen and oxygen atoms in total. The summed E-state index contributed by atoms with van der Waals surface area (Å²) in [6.45, 7) is 0.267. The highest BCUT2D eigenvalue weighted by atomic mass is 16.2. The number of hydrogen-bond acceptors (Lipinski definition) is 2. The molecule has 1 aliphatic carbocycles. The van der Waals surface area contributed by atoms with E-state index in [1.165, 1.54) is 25.7 Å². The summed E-state index contributed by atoms with van der Waals surface area (Å²) < 4.78 is 0. The Morgan fingerprint density at radius 1 is 1.07 bits per heavy atom. The largest absolute Gasteiger partial charge is 0.324 e. The first-order valence-corrected chi connectivity index (χ1v) is 5.38. The number of rotatable bonds is 1. The van der Waals surface area contributed by atoms with Crippen LogP contribution in [0.5, 0.6) is 0 Å². The molecule has 2 aliphatic rings. The summed E-state index contributed by atoms with van der Waals surface area (Å²) in [5.74, 6) is -0.153. The number of nitrogens with zero attached hydrogens (tertiary/aromatic N) is 1. The number of urea groups is 1. The van der Waals surface area contributed by atoms with Crippen LogP contribution in [-0.4, -0.2) is 29.4 Å². The average Bonchev–Trinajstić information content (AvgIpc) is 2.43. The highest BCUT2D eigenvalue weighted by Gasteiger charge is 2.32. The number of imide groups is 1. The van der Waals surface area contributed by atoms with Gasteiger partial charge in [0, 0.05) is 6.04 Å². The number of hydrogen-bond donors (Lipinski definition) is 1. The fourth-order valence-electron chi connectivity index (χ4n) is 2.32. The quantitative estimate of drug-likeness (QED) is 0.507. The van der Waals surface area contributed by atoms with Gasteiger partial charge in [-0.05, 0) is 12.8 Å². The predicted molar refractivity (Wildman–Crippen MR) is 51.7 cm³/mol. The van der Waals surface area contributed by atoms with E-state index in [0.717, 1.165) is 12.8 Å². The first kappa shape index (κ1) is 9.49. The van der Waals surface area contributed by atoms with Crippen molar-refractivity contribution in [3.63, 3.8) is 0 Å². The molecule has 1 heterocycles. The van der Waals surface area contributed by atoms with Crippen LogP contribution < -0.4 is 5.32 Å². The van der Waals surface area contributed by atoms with E-state index in [1.54, 1.807) is 4.90 Å². The summed E-state index contributed by atoms with van der Waals surface area (Å²) in [6.07, 6.45) is 7.01. The van der Waals surface area contributed by atoms with E-state index < -0.39 is 0 Å². The Morgan fingerprint density at radius 2 is 1.71 bits per heavy atom. The van der Waals surface area contributed by atoms with Gasteiger partial charge < -0.3 is 4.90 Å². The van der Waals surface area contributed by atoms with Crippen LogP contribution in [-0.2, 0) is 4.79 Å². The Labute approximate surface area is 83.6 Å². The van der Waals surface area contributed by atoms with Crippen molar-refractivity contribution in [1.29, 1.82) is 0 Å². The lowest BCUT2D eigenvalue weighted by Crippen LogP contribution is -2.37. The Hall–Kier alpha value is -1.06. The van der Waals surface area contributed by atoms with Crippen LogP contribution in [0.4, 0.5) is 4.79 Å². The Bertz CT molecular complexity index is 245. The molecule has 2 rings (SSSR count). The van der Waals surface area contributed by atoms with Gasteiger partial charge in [0.25, 0.3) is 0 Å². The number of amides is 3. The van der Waals surface area contributed by atoms with Gasteiger partial charge in [-0.15, -0.1) is 0 Å². The minimum Gasteiger partial charge on any atom is -0.312 e. The summed E-state index contributed by atoms with van der Waals surface area (Å²) in [5, 5.41) is 2.33. The first-order valence-electron chi connectivity index (χ1n) is 5.38. The molecule has 1 saturated heterocycles. The molecule has 0 atom stereocenters. The predicted octanol–water partition coefficient (Wildman–Crippen LogP) is 1.26. The molecule has 4 heteroatoms. The standard InChI is InChI=1S/C10H16N2O2/c13-9-7-12(10(14)11-9)8-5-3-1-2-4-6-8/h8H,1-7H2,(H,11,13,14). The third-order valence-electron chi connectivity index (χ3n) is 3.09. The van der Waals surface area contributed by atoms with Crippen molar-refractivity contribution in [3.8, 4) is 0 Å². The highest BCUT2D eigenvalue weighted by molar-refractivity contribution is 6.02. The highest BCUT2D eigenvalue weighted by Crippen LogP contribution is 2.22. The van der Waals surface area contributed by atoms with Crippen molar-refractivity contribution >= 4 is 11.9 Å². The minimum atomic E-state index is -0.193. The van der Waals surface area contributed by atoms with Crippen molar-refractivity contribution in [2.45, 2.75) is 44.6 Å². The van der Waals surface area contributed by atoms with Gasteiger partial charge in [0.1, 0.15) is 6.54 Å². The van der Waals surface area contributed by atoms with E-state index in [2.05, 4.69) is 5.32 Å². The molecule has 0 bridgehead atoms. The van der Waals surface area contributed by atoms with E-state index in [4.69, 9.17) is 0 Å². The van der Waals surface area contributed by atoms with Crippen LogP contribution in [0.3, 0.4) is 0 Å². The van der Waals surface area contributed by atoms with E-state index in [0.29, 0.717) is 6.04 Å². The van der Waals surface area contributed by atoms with Gasteiger partial charge in [-0.2, -0.15) is 0 Å². The van der Waals surface area contributed by atoms with Crippen molar-refractivity contribution in [3.05, 3.63) is 0 Å². The maximum absolute atomic E-state index is 11.4. The second-order valence-corrected chi connectivity index (χ2v) is 4.13. The molecule has 2 fully saturated rings. The molecule has 0 unspecified atom stereocenters. The maximum atomic E-state index is 11.4. The van der Waals surface area contributed by atoms with Gasteiger partial charge >= 0.3 is 6.03 Å². The van der Waals surface area contributed by atoms with E-state index >= 15 is 0 Å². The summed E-state index contributed by atoms with van der Waals surface area (Å²) in [6, 6.07) is 0.103. The molecule has 0 spiro atoms. The molecule has 0 aromatic heterocycles. The average molecular weight is 196 g/mol. The normalized spacial score (nSPS) is 25.0. The monoisotopic (exact) mass is 196 g/mol. The lowest BCUT2D eigenvalue weighted by Gasteiger charge is -2.24. The smallest absolute Gasteiger partial charge is 0.312 e. The van der Waals surface area contributed by atoms with E-state index in [-0.39, 0.29) is 18.5 Å². The van der Waals surface area contributed by atoms with Crippen LogP contribution in [0, 0.1) is 0 Å². The van der Waals surface area contributed by atoms with Gasteiger partial charge in [0.05, 0.1) is 0 Å². The van der Waals surface area contributed by atoms with Crippen molar-refractivity contribution in [2.24, 2.45) is 0 Å². The van der Waals surface area contributed by atoms with Gasteiger partial charge in [-0.3, -0.25) is 10.1 Å². The molecule has 1 aliphatic heterocycles. The summed E-state index contributed by atoms with van der Waals surface area (Å²) >= 11 is 0. The molecule has 0 radical (unpaired) electrons. The molecule has 0 aromatic rings. The zero-order chi connectivity index (χ0) is 9.97. The molecular formula is C10H16N2O2. The van der Waals surface area contributed by atoms with Crippen LogP contribution >= 0.6 is 0 Å². The fraction of sp³-hybridized carbons (Fsp3) is 0.800. The SMILES string of the molecule is O=C1CN(C2CCCCCC2)C(=O)N1. The topological polar surface area (TPSA) is 49.4 Å². The molecule has 14 heavy (non-hydrogen) atoms. The second-order valence-electron chi connectivity index (χ2n) is 4.13. The van der Waals surface area contributed by atoms with Crippen LogP contribution in [0.25, 0.3) is 0 Å². The minimum absolute atomic E-state index is 0.153. The van der Waals surface area contributed by atoms with E-state index in [1.807, 2.05) is 0 Å². The molecular weight excluding hydrogens is 180 g/mol. The molecule has 78 valence electrons. The van der Waals surface area contributed by atoms with Crippen molar-refractivity contribution < 1.29 is 9.59 Å². The lowest BCUT2D eigenvalue weighted by atomic mass is 10.1. The zero-order valence-electron chi connectivity index (χ0n) is 8.29. The Morgan fingerprint density at radius 3 is 2.21 bits per heavy atom. The Balaban J connectivity index is 1.98. The van der Waals surface area contributed by atoms with Crippen LogP contribution in [0.15, 0.2) is 0 Å². The third kappa shape index (κ3) is 1.89. The zero-order valence-corrected chi connectivity index (χ0v) is 8.29. The summed E-state index contributed by atoms with van der Waals surface area (Å²) in [4.78, 5) is 24.1. The number of carbonyl (C=O) groups is 2. The third-order valence-corrected chi connectivity index (χ3v) is 3.09.